The molecule has 1 heteroatoms. The predicted octanol–water partition coefficient (Wildman–Crippen LogP) is 4.21. The van der Waals surface area contributed by atoms with E-state index in [1.165, 1.54) is 5.56 Å². The van der Waals surface area contributed by atoms with Gasteiger partial charge in [-0.3, -0.25) is 0 Å². The summed E-state index contributed by atoms with van der Waals surface area (Å²) in [6.07, 6.45) is 1.85. The van der Waals surface area contributed by atoms with Crippen molar-refractivity contribution in [1.29, 1.82) is 0 Å². The van der Waals surface area contributed by atoms with Crippen molar-refractivity contribution in [1.82, 2.24) is 0 Å². The summed E-state index contributed by atoms with van der Waals surface area (Å²) in [5.41, 5.74) is 3.47. The van der Waals surface area contributed by atoms with Gasteiger partial charge in [-0.05, 0) is 43.2 Å². The molecule has 0 radical (unpaired) electrons. The lowest BCUT2D eigenvalue weighted by molar-refractivity contribution is 0.548. The van der Waals surface area contributed by atoms with Crippen molar-refractivity contribution < 1.29 is 4.42 Å². The smallest absolute Gasteiger partial charge is 0.134 e. The Morgan fingerprint density at radius 2 is 1.93 bits per heavy atom. The molecule has 0 saturated carbocycles. The van der Waals surface area contributed by atoms with Crippen LogP contribution in [0, 0.1) is 13.8 Å². The largest absolute Gasteiger partial charge is 0.461 e. The van der Waals surface area contributed by atoms with Crippen LogP contribution in [0.5, 0.6) is 0 Å². The Morgan fingerprint density at radius 3 is 2.53 bits per heavy atom. The van der Waals surface area contributed by atoms with Crippen molar-refractivity contribution in [2.75, 3.05) is 0 Å². The highest BCUT2D eigenvalue weighted by Crippen LogP contribution is 2.26. The van der Waals surface area contributed by atoms with Crippen molar-refractivity contribution >= 4 is 6.08 Å². The first kappa shape index (κ1) is 9.78. The average Bonchev–Trinajstić information content (AvgIpc) is 2.65. The van der Waals surface area contributed by atoms with Gasteiger partial charge in [-0.25, -0.2) is 0 Å². The maximum absolute atomic E-state index is 5.62. The monoisotopic (exact) mass is 198 g/mol. The van der Waals surface area contributed by atoms with E-state index in [0.717, 1.165) is 22.6 Å². The van der Waals surface area contributed by atoms with Crippen LogP contribution in [0.4, 0.5) is 0 Å². The van der Waals surface area contributed by atoms with Gasteiger partial charge in [0.25, 0.3) is 0 Å². The minimum Gasteiger partial charge on any atom is -0.461 e. The Kier molecular flexibility index (Phi) is 2.46. The van der Waals surface area contributed by atoms with E-state index in [-0.39, 0.29) is 0 Å². The number of aryl methyl sites for hydroxylation is 2. The summed E-state index contributed by atoms with van der Waals surface area (Å²) < 4.78 is 5.62. The molecule has 1 aromatic carbocycles. The molecule has 1 nitrogen and oxygen atoms in total. The fraction of sp³-hybridized carbons (Fsp3) is 0.143. The number of furan rings is 1. The van der Waals surface area contributed by atoms with Crippen molar-refractivity contribution in [3.05, 3.63) is 53.8 Å². The van der Waals surface area contributed by atoms with Gasteiger partial charge >= 0.3 is 0 Å². The van der Waals surface area contributed by atoms with Crippen molar-refractivity contribution in [3.63, 3.8) is 0 Å². The fourth-order valence-corrected chi connectivity index (χ4v) is 1.61. The van der Waals surface area contributed by atoms with Gasteiger partial charge < -0.3 is 4.42 Å². The number of benzene rings is 1. The van der Waals surface area contributed by atoms with Gasteiger partial charge in [0.15, 0.2) is 0 Å². The minimum absolute atomic E-state index is 0.925. The van der Waals surface area contributed by atoms with E-state index in [1.807, 2.05) is 25.1 Å². The molecule has 0 fully saturated rings. The Balaban J connectivity index is 2.55. The van der Waals surface area contributed by atoms with Crippen LogP contribution in [-0.4, -0.2) is 0 Å². The lowest BCUT2D eigenvalue weighted by atomic mass is 10.0. The van der Waals surface area contributed by atoms with E-state index in [1.54, 1.807) is 0 Å². The second-order valence-electron chi connectivity index (χ2n) is 3.69. The first-order valence-electron chi connectivity index (χ1n) is 5.00. The van der Waals surface area contributed by atoms with E-state index in [2.05, 4.69) is 31.7 Å². The Labute approximate surface area is 90.1 Å². The zero-order valence-corrected chi connectivity index (χ0v) is 9.08. The molecule has 0 saturated heterocycles. The van der Waals surface area contributed by atoms with E-state index in [0.29, 0.717) is 0 Å². The predicted molar refractivity (Wildman–Crippen MR) is 63.7 cm³/mol. The number of hydrogen-bond donors (Lipinski definition) is 0. The van der Waals surface area contributed by atoms with E-state index in [4.69, 9.17) is 4.42 Å². The summed E-state index contributed by atoms with van der Waals surface area (Å²) in [5, 5.41) is 0. The third-order valence-electron chi connectivity index (χ3n) is 2.50. The maximum Gasteiger partial charge on any atom is 0.134 e. The number of rotatable bonds is 2. The van der Waals surface area contributed by atoms with Crippen molar-refractivity contribution in [2.45, 2.75) is 13.8 Å². The SMILES string of the molecule is C=Cc1ccc(C)c(-c2ccc(C)o2)c1. The van der Waals surface area contributed by atoms with Gasteiger partial charge in [-0.2, -0.15) is 0 Å². The van der Waals surface area contributed by atoms with Crippen molar-refractivity contribution in [3.8, 4) is 11.3 Å². The fourth-order valence-electron chi connectivity index (χ4n) is 1.61. The maximum atomic E-state index is 5.62. The molecule has 0 aliphatic rings. The van der Waals surface area contributed by atoms with Crippen LogP contribution in [0.15, 0.2) is 41.3 Å². The van der Waals surface area contributed by atoms with Crippen LogP contribution in [0.3, 0.4) is 0 Å². The van der Waals surface area contributed by atoms with Crippen LogP contribution in [-0.2, 0) is 0 Å². The normalized spacial score (nSPS) is 10.3. The van der Waals surface area contributed by atoms with E-state index < -0.39 is 0 Å². The molecule has 0 bridgehead atoms. The number of hydrogen-bond acceptors (Lipinski definition) is 1. The quantitative estimate of drug-likeness (QED) is 0.704. The highest BCUT2D eigenvalue weighted by Gasteiger charge is 2.05. The molecule has 2 rings (SSSR count). The average molecular weight is 198 g/mol. The van der Waals surface area contributed by atoms with Crippen LogP contribution < -0.4 is 0 Å². The lowest BCUT2D eigenvalue weighted by Gasteiger charge is -2.03. The van der Waals surface area contributed by atoms with Gasteiger partial charge in [0.05, 0.1) is 0 Å². The first-order chi connectivity index (χ1) is 7.20. The minimum atomic E-state index is 0.925. The molecule has 0 unspecified atom stereocenters. The molecule has 76 valence electrons. The van der Waals surface area contributed by atoms with Crippen LogP contribution in [0.25, 0.3) is 17.4 Å². The zero-order chi connectivity index (χ0) is 10.8. The molecule has 0 aliphatic carbocycles. The lowest BCUT2D eigenvalue weighted by Crippen LogP contribution is -1.82. The third-order valence-corrected chi connectivity index (χ3v) is 2.50. The molecule has 2 aromatic rings. The Bertz CT molecular complexity index is 492. The van der Waals surface area contributed by atoms with Gasteiger partial charge in [-0.15, -0.1) is 0 Å². The van der Waals surface area contributed by atoms with Gasteiger partial charge in [-0.1, -0.05) is 24.8 Å². The van der Waals surface area contributed by atoms with Crippen LogP contribution in [0.1, 0.15) is 16.9 Å². The first-order valence-corrected chi connectivity index (χ1v) is 5.00. The second kappa shape index (κ2) is 3.77. The Hall–Kier alpha value is -1.76. The molecule has 0 aliphatic heterocycles. The van der Waals surface area contributed by atoms with Gasteiger partial charge in [0.1, 0.15) is 11.5 Å². The van der Waals surface area contributed by atoms with Gasteiger partial charge in [0, 0.05) is 5.56 Å². The zero-order valence-electron chi connectivity index (χ0n) is 9.08. The summed E-state index contributed by atoms with van der Waals surface area (Å²) in [6.45, 7) is 7.81. The topological polar surface area (TPSA) is 13.1 Å². The van der Waals surface area contributed by atoms with Crippen LogP contribution in [0.2, 0.25) is 0 Å². The molecular weight excluding hydrogens is 184 g/mol. The molecule has 1 heterocycles. The summed E-state index contributed by atoms with van der Waals surface area (Å²) in [7, 11) is 0. The molecule has 0 amide bonds. The molecule has 15 heavy (non-hydrogen) atoms. The van der Waals surface area contributed by atoms with E-state index in [9.17, 15) is 0 Å². The molecular formula is C14H14O. The van der Waals surface area contributed by atoms with Crippen molar-refractivity contribution in [2.24, 2.45) is 0 Å². The standard InChI is InChI=1S/C14H14O/c1-4-12-7-5-10(2)13(9-12)14-8-6-11(3)15-14/h4-9H,1H2,2-3H3. The summed E-state index contributed by atoms with van der Waals surface area (Å²) >= 11 is 0. The molecule has 0 N–H and O–H groups in total. The second-order valence-corrected chi connectivity index (χ2v) is 3.69. The van der Waals surface area contributed by atoms with E-state index >= 15 is 0 Å². The molecule has 0 atom stereocenters. The highest BCUT2D eigenvalue weighted by molar-refractivity contribution is 5.66. The summed E-state index contributed by atoms with van der Waals surface area (Å²) in [6, 6.07) is 10.2. The molecule has 0 spiro atoms. The van der Waals surface area contributed by atoms with Crippen LogP contribution >= 0.6 is 0 Å². The Morgan fingerprint density at radius 1 is 1.13 bits per heavy atom. The third kappa shape index (κ3) is 1.86. The summed E-state index contributed by atoms with van der Waals surface area (Å²) in [5.74, 6) is 1.86. The summed E-state index contributed by atoms with van der Waals surface area (Å²) in [4.78, 5) is 0. The highest BCUT2D eigenvalue weighted by atomic mass is 16.3. The molecule has 1 aromatic heterocycles. The van der Waals surface area contributed by atoms with Gasteiger partial charge in [0.2, 0.25) is 0 Å².